The van der Waals surface area contributed by atoms with Gasteiger partial charge in [-0.25, -0.2) is 4.99 Å². The normalized spacial score (nSPS) is 20.4. The zero-order valence-electron chi connectivity index (χ0n) is 16.6. The van der Waals surface area contributed by atoms with Gasteiger partial charge in [-0.05, 0) is 68.4 Å². The van der Waals surface area contributed by atoms with Crippen molar-refractivity contribution in [3.63, 3.8) is 0 Å². The summed E-state index contributed by atoms with van der Waals surface area (Å²) in [5, 5.41) is 18.7. The number of nitrogens with one attached hydrogen (secondary N) is 2. The predicted octanol–water partition coefficient (Wildman–Crippen LogP) is 4.21. The number of benzene rings is 1. The maximum atomic E-state index is 9.62. The summed E-state index contributed by atoms with van der Waals surface area (Å²) < 4.78 is 0. The van der Waals surface area contributed by atoms with E-state index >= 15 is 0 Å². The molecule has 1 aliphatic heterocycles. The van der Waals surface area contributed by atoms with Crippen molar-refractivity contribution in [1.29, 1.82) is 0 Å². The van der Waals surface area contributed by atoms with Crippen LogP contribution in [0.2, 0.25) is 0 Å². The number of nitrogens with zero attached hydrogens (tertiary/aromatic N) is 2. The van der Waals surface area contributed by atoms with Crippen molar-refractivity contribution in [2.45, 2.75) is 32.4 Å². The lowest BCUT2D eigenvalue weighted by atomic mass is 9.88. The van der Waals surface area contributed by atoms with Gasteiger partial charge in [-0.2, -0.15) is 0 Å². The first kappa shape index (κ1) is 23.0. The first-order valence-electron chi connectivity index (χ1n) is 9.71. The van der Waals surface area contributed by atoms with Gasteiger partial charge in [0, 0.05) is 24.0 Å². The summed E-state index contributed by atoms with van der Waals surface area (Å²) in [6.45, 7) is 5.51. The number of halogens is 1. The number of thiophene rings is 1. The van der Waals surface area contributed by atoms with Crippen molar-refractivity contribution in [3.8, 4) is 5.75 Å². The Morgan fingerprint density at radius 1 is 1.29 bits per heavy atom. The van der Waals surface area contributed by atoms with E-state index in [9.17, 15) is 5.11 Å². The van der Waals surface area contributed by atoms with Gasteiger partial charge >= 0.3 is 0 Å². The molecule has 1 saturated heterocycles. The van der Waals surface area contributed by atoms with E-state index in [2.05, 4.69) is 52.0 Å². The monoisotopic (exact) mass is 514 g/mol. The van der Waals surface area contributed by atoms with E-state index in [-0.39, 0.29) is 29.7 Å². The van der Waals surface area contributed by atoms with Crippen LogP contribution < -0.4 is 10.6 Å². The lowest BCUT2D eigenvalue weighted by molar-refractivity contribution is 0.125. The molecule has 2 unspecified atom stereocenters. The van der Waals surface area contributed by atoms with E-state index in [4.69, 9.17) is 0 Å². The Morgan fingerprint density at radius 3 is 2.86 bits per heavy atom. The molecule has 2 aromatic rings. The number of phenols is 1. The number of phenolic OH excluding ortho intramolecular Hbond substituents is 1. The van der Waals surface area contributed by atoms with E-state index < -0.39 is 0 Å². The number of hydrogen-bond acceptors (Lipinski definition) is 4. The highest BCUT2D eigenvalue weighted by Crippen LogP contribution is 2.36. The molecule has 2 heterocycles. The molecule has 1 aromatic heterocycles. The van der Waals surface area contributed by atoms with Crippen molar-refractivity contribution in [3.05, 3.63) is 52.2 Å². The molecular weight excluding hydrogens is 483 g/mol. The molecule has 0 spiro atoms. The van der Waals surface area contributed by atoms with Crippen LogP contribution in [0.3, 0.4) is 0 Å². The molecule has 1 fully saturated rings. The van der Waals surface area contributed by atoms with Crippen LogP contribution >= 0.6 is 35.3 Å². The Kier molecular flexibility index (Phi) is 9.53. The molecule has 3 N–H and O–H groups in total. The molecule has 5 nitrogen and oxygen atoms in total. The van der Waals surface area contributed by atoms with Gasteiger partial charge in [0.05, 0.1) is 6.54 Å². The standard InChI is InChI=1S/C21H30N4OS.HI/c1-3-22-21(23-14-16-7-4-9-18(26)13-16)24-15-17-8-5-11-25(2)20(17)19-10-6-12-27-19;/h4,6-7,9-10,12-13,17,20,26H,3,5,8,11,14-15H2,1-2H3,(H2,22,23,24);1H. The minimum atomic E-state index is 0. The molecule has 0 saturated carbocycles. The summed E-state index contributed by atoms with van der Waals surface area (Å²) in [5.74, 6) is 1.68. The van der Waals surface area contributed by atoms with Gasteiger partial charge in [-0.1, -0.05) is 18.2 Å². The zero-order chi connectivity index (χ0) is 19.1. The summed E-state index contributed by atoms with van der Waals surface area (Å²) >= 11 is 1.85. The van der Waals surface area contributed by atoms with E-state index in [1.54, 1.807) is 12.1 Å². The second-order valence-corrected chi connectivity index (χ2v) is 8.07. The minimum Gasteiger partial charge on any atom is -0.508 e. The van der Waals surface area contributed by atoms with Crippen LogP contribution in [-0.2, 0) is 6.54 Å². The number of likely N-dealkylation sites (tertiary alicyclic amines) is 1. The fourth-order valence-corrected chi connectivity index (χ4v) is 4.76. The summed E-state index contributed by atoms with van der Waals surface area (Å²) in [4.78, 5) is 8.62. The van der Waals surface area contributed by atoms with Gasteiger partial charge in [0.25, 0.3) is 0 Å². The third-order valence-corrected chi connectivity index (χ3v) is 5.99. The Morgan fingerprint density at radius 2 is 2.14 bits per heavy atom. The third-order valence-electron chi connectivity index (χ3n) is 5.05. The van der Waals surface area contributed by atoms with Crippen LogP contribution in [-0.4, -0.2) is 42.6 Å². The van der Waals surface area contributed by atoms with Crippen molar-refractivity contribution in [1.82, 2.24) is 15.5 Å². The van der Waals surface area contributed by atoms with Gasteiger partial charge in [-0.15, -0.1) is 35.3 Å². The van der Waals surface area contributed by atoms with Crippen LogP contribution in [0.5, 0.6) is 5.75 Å². The number of aliphatic imine (C=N–C) groups is 1. The van der Waals surface area contributed by atoms with E-state index in [0.717, 1.165) is 31.2 Å². The maximum absolute atomic E-state index is 9.62. The molecular formula is C21H31IN4OS. The van der Waals surface area contributed by atoms with Gasteiger partial charge < -0.3 is 15.7 Å². The van der Waals surface area contributed by atoms with E-state index in [1.807, 2.05) is 23.5 Å². The quantitative estimate of drug-likeness (QED) is 0.307. The number of hydrogen-bond donors (Lipinski definition) is 3. The molecule has 1 aliphatic rings. The SMILES string of the molecule is CCNC(=NCc1cccc(O)c1)NCC1CCCN(C)C1c1cccs1.I. The fraction of sp³-hybridized carbons (Fsp3) is 0.476. The predicted molar refractivity (Wildman–Crippen MR) is 129 cm³/mol. The molecule has 0 amide bonds. The molecule has 0 aliphatic carbocycles. The highest BCUT2D eigenvalue weighted by molar-refractivity contribution is 14.0. The summed E-state index contributed by atoms with van der Waals surface area (Å²) in [6.07, 6.45) is 2.47. The second-order valence-electron chi connectivity index (χ2n) is 7.09. The largest absolute Gasteiger partial charge is 0.508 e. The lowest BCUT2D eigenvalue weighted by Crippen LogP contribution is -2.44. The van der Waals surface area contributed by atoms with Gasteiger partial charge in [-0.3, -0.25) is 4.90 Å². The molecule has 28 heavy (non-hydrogen) atoms. The smallest absolute Gasteiger partial charge is 0.191 e. The van der Waals surface area contributed by atoms with Gasteiger partial charge in [0.1, 0.15) is 5.75 Å². The van der Waals surface area contributed by atoms with Crippen molar-refractivity contribution in [2.75, 3.05) is 26.7 Å². The summed E-state index contributed by atoms with van der Waals surface area (Å²) in [6, 6.07) is 12.1. The summed E-state index contributed by atoms with van der Waals surface area (Å²) in [5.41, 5.74) is 1.00. The van der Waals surface area contributed by atoms with E-state index in [1.165, 1.54) is 17.7 Å². The maximum Gasteiger partial charge on any atom is 0.191 e. The summed E-state index contributed by atoms with van der Waals surface area (Å²) in [7, 11) is 2.23. The topological polar surface area (TPSA) is 59.9 Å². The van der Waals surface area contributed by atoms with Crippen LogP contribution in [0.1, 0.15) is 36.2 Å². The first-order valence-corrected chi connectivity index (χ1v) is 10.6. The molecule has 3 rings (SSSR count). The van der Waals surface area contributed by atoms with Crippen molar-refractivity contribution >= 4 is 41.3 Å². The average molecular weight is 514 g/mol. The number of rotatable bonds is 6. The Bertz CT molecular complexity index is 738. The molecule has 154 valence electrons. The zero-order valence-corrected chi connectivity index (χ0v) is 19.7. The highest BCUT2D eigenvalue weighted by Gasteiger charge is 2.31. The molecule has 0 radical (unpaired) electrons. The Hall–Kier alpha value is -1.32. The van der Waals surface area contributed by atoms with Crippen LogP contribution in [0.25, 0.3) is 0 Å². The fourth-order valence-electron chi connectivity index (χ4n) is 3.78. The Labute approximate surface area is 189 Å². The first-order chi connectivity index (χ1) is 13.2. The number of aromatic hydroxyl groups is 1. The molecule has 0 bridgehead atoms. The third kappa shape index (κ3) is 6.35. The van der Waals surface area contributed by atoms with Crippen LogP contribution in [0.4, 0.5) is 0 Å². The lowest BCUT2D eigenvalue weighted by Gasteiger charge is -2.39. The van der Waals surface area contributed by atoms with Crippen molar-refractivity contribution < 1.29 is 5.11 Å². The van der Waals surface area contributed by atoms with Gasteiger partial charge in [0.2, 0.25) is 0 Å². The molecule has 1 aromatic carbocycles. The number of guanidine groups is 1. The van der Waals surface area contributed by atoms with E-state index in [0.29, 0.717) is 18.5 Å². The second kappa shape index (κ2) is 11.6. The molecule has 7 heteroatoms. The number of piperidine rings is 1. The van der Waals surface area contributed by atoms with Gasteiger partial charge in [0.15, 0.2) is 5.96 Å². The molecule has 2 atom stereocenters. The Balaban J connectivity index is 0.00000280. The average Bonchev–Trinajstić information content (AvgIpc) is 3.18. The highest BCUT2D eigenvalue weighted by atomic mass is 127. The minimum absolute atomic E-state index is 0. The van der Waals surface area contributed by atoms with Crippen molar-refractivity contribution in [2.24, 2.45) is 10.9 Å². The van der Waals surface area contributed by atoms with Crippen LogP contribution in [0.15, 0.2) is 46.8 Å². The van der Waals surface area contributed by atoms with Crippen LogP contribution in [0, 0.1) is 5.92 Å².